The highest BCUT2D eigenvalue weighted by atomic mass is 35.5. The predicted octanol–water partition coefficient (Wildman–Crippen LogP) is 5.70. The Morgan fingerprint density at radius 3 is 2.60 bits per heavy atom. The summed E-state index contributed by atoms with van der Waals surface area (Å²) in [7, 11) is 0. The molecule has 1 heterocycles. The standard InChI is InChI=1S/C16H11ClF2S/c17-14(7-10-2-1-3-12(18)6-10)16-8-11-4-5-13(19)9-15(11)20-16/h1-6,8-9,14H,7H2. The smallest absolute Gasteiger partial charge is 0.124 e. The third kappa shape index (κ3) is 2.84. The second kappa shape index (κ2) is 5.51. The molecule has 1 aromatic heterocycles. The van der Waals surface area contributed by atoms with E-state index in [1.165, 1.54) is 35.6 Å². The van der Waals surface area contributed by atoms with Crippen molar-refractivity contribution in [3.63, 3.8) is 0 Å². The van der Waals surface area contributed by atoms with Gasteiger partial charge in [0.25, 0.3) is 0 Å². The van der Waals surface area contributed by atoms with Crippen molar-refractivity contribution in [2.24, 2.45) is 0 Å². The van der Waals surface area contributed by atoms with Gasteiger partial charge in [0.1, 0.15) is 11.6 Å². The maximum atomic E-state index is 13.2. The lowest BCUT2D eigenvalue weighted by atomic mass is 10.1. The molecule has 20 heavy (non-hydrogen) atoms. The van der Waals surface area contributed by atoms with Crippen molar-refractivity contribution in [1.29, 1.82) is 0 Å². The Bertz CT molecular complexity index is 751. The fourth-order valence-corrected chi connectivity index (χ4v) is 3.59. The molecule has 0 aliphatic heterocycles. The van der Waals surface area contributed by atoms with Crippen molar-refractivity contribution in [2.45, 2.75) is 11.8 Å². The Morgan fingerprint density at radius 2 is 1.80 bits per heavy atom. The van der Waals surface area contributed by atoms with Crippen LogP contribution in [0.1, 0.15) is 15.8 Å². The predicted molar refractivity (Wildman–Crippen MR) is 80.5 cm³/mol. The van der Waals surface area contributed by atoms with Crippen LogP contribution >= 0.6 is 22.9 Å². The molecule has 1 unspecified atom stereocenters. The molecule has 0 bridgehead atoms. The van der Waals surface area contributed by atoms with Crippen LogP contribution in [0, 0.1) is 11.6 Å². The quantitative estimate of drug-likeness (QED) is 0.544. The Balaban J connectivity index is 1.86. The molecular formula is C16H11ClF2S. The average Bonchev–Trinajstić information content (AvgIpc) is 2.81. The highest BCUT2D eigenvalue weighted by molar-refractivity contribution is 7.19. The van der Waals surface area contributed by atoms with E-state index in [1.54, 1.807) is 12.1 Å². The summed E-state index contributed by atoms with van der Waals surface area (Å²) in [5, 5.41) is 0.744. The van der Waals surface area contributed by atoms with Crippen LogP contribution in [0.15, 0.2) is 48.5 Å². The van der Waals surface area contributed by atoms with Gasteiger partial charge >= 0.3 is 0 Å². The van der Waals surface area contributed by atoms with E-state index in [-0.39, 0.29) is 17.0 Å². The van der Waals surface area contributed by atoms with Crippen LogP contribution in [0.3, 0.4) is 0 Å². The largest absolute Gasteiger partial charge is 0.207 e. The maximum Gasteiger partial charge on any atom is 0.124 e. The van der Waals surface area contributed by atoms with Gasteiger partial charge < -0.3 is 0 Å². The number of halogens is 3. The molecule has 0 spiro atoms. The van der Waals surface area contributed by atoms with E-state index in [0.29, 0.717) is 6.42 Å². The molecular weight excluding hydrogens is 298 g/mol. The van der Waals surface area contributed by atoms with Gasteiger partial charge in [-0.25, -0.2) is 8.78 Å². The van der Waals surface area contributed by atoms with Gasteiger partial charge in [0, 0.05) is 9.58 Å². The van der Waals surface area contributed by atoms with Crippen molar-refractivity contribution in [3.8, 4) is 0 Å². The summed E-state index contributed by atoms with van der Waals surface area (Å²) in [5.41, 5.74) is 0.855. The maximum absolute atomic E-state index is 13.2. The molecule has 0 amide bonds. The minimum Gasteiger partial charge on any atom is -0.207 e. The highest BCUT2D eigenvalue weighted by Crippen LogP contribution is 2.35. The average molecular weight is 309 g/mol. The van der Waals surface area contributed by atoms with E-state index in [2.05, 4.69) is 0 Å². The zero-order valence-corrected chi connectivity index (χ0v) is 12.0. The van der Waals surface area contributed by atoms with Gasteiger partial charge in [-0.15, -0.1) is 22.9 Å². The van der Waals surface area contributed by atoms with Crippen molar-refractivity contribution in [1.82, 2.24) is 0 Å². The third-order valence-corrected chi connectivity index (χ3v) is 4.84. The molecule has 0 saturated heterocycles. The number of rotatable bonds is 3. The van der Waals surface area contributed by atoms with Gasteiger partial charge in [0.15, 0.2) is 0 Å². The Hall–Kier alpha value is -1.45. The number of benzene rings is 2. The summed E-state index contributed by atoms with van der Waals surface area (Å²) in [6, 6.07) is 13.1. The summed E-state index contributed by atoms with van der Waals surface area (Å²) in [6.45, 7) is 0. The lowest BCUT2D eigenvalue weighted by Crippen LogP contribution is -1.93. The van der Waals surface area contributed by atoms with Crippen molar-refractivity contribution >= 4 is 33.0 Å². The molecule has 0 nitrogen and oxygen atoms in total. The van der Waals surface area contributed by atoms with Crippen LogP contribution in [0.4, 0.5) is 8.78 Å². The van der Waals surface area contributed by atoms with Crippen LogP contribution in [-0.4, -0.2) is 0 Å². The van der Waals surface area contributed by atoms with Gasteiger partial charge in [-0.3, -0.25) is 0 Å². The zero-order valence-electron chi connectivity index (χ0n) is 10.4. The molecule has 0 aliphatic carbocycles. The van der Waals surface area contributed by atoms with Gasteiger partial charge in [0.05, 0.1) is 5.38 Å². The lowest BCUT2D eigenvalue weighted by Gasteiger charge is -2.07. The summed E-state index contributed by atoms with van der Waals surface area (Å²) in [5.74, 6) is -0.507. The van der Waals surface area contributed by atoms with Crippen molar-refractivity contribution in [3.05, 3.63) is 70.6 Å². The third-order valence-electron chi connectivity index (χ3n) is 3.11. The van der Waals surface area contributed by atoms with Crippen molar-refractivity contribution in [2.75, 3.05) is 0 Å². The first-order valence-electron chi connectivity index (χ1n) is 6.19. The molecule has 0 radical (unpaired) electrons. The summed E-state index contributed by atoms with van der Waals surface area (Å²) >= 11 is 7.88. The van der Waals surface area contributed by atoms with Gasteiger partial charge in [0.2, 0.25) is 0 Å². The number of hydrogen-bond acceptors (Lipinski definition) is 1. The number of alkyl halides is 1. The van der Waals surface area contributed by atoms with Gasteiger partial charge in [-0.1, -0.05) is 18.2 Å². The molecule has 4 heteroatoms. The normalized spacial score (nSPS) is 12.8. The minimum absolute atomic E-state index is 0.239. The van der Waals surface area contributed by atoms with E-state index in [4.69, 9.17) is 11.6 Å². The van der Waals surface area contributed by atoms with E-state index in [0.717, 1.165) is 20.5 Å². The molecule has 0 fully saturated rings. The molecule has 2 aromatic carbocycles. The molecule has 102 valence electrons. The lowest BCUT2D eigenvalue weighted by molar-refractivity contribution is 0.625. The van der Waals surface area contributed by atoms with Crippen LogP contribution in [0.2, 0.25) is 0 Å². The van der Waals surface area contributed by atoms with Crippen LogP contribution in [-0.2, 0) is 6.42 Å². The SMILES string of the molecule is Fc1cccc(CC(Cl)c2cc3ccc(F)cc3s2)c1. The topological polar surface area (TPSA) is 0 Å². The first-order valence-corrected chi connectivity index (χ1v) is 7.44. The van der Waals surface area contributed by atoms with Gasteiger partial charge in [-0.05, 0) is 47.7 Å². The monoisotopic (exact) mass is 308 g/mol. The molecule has 1 atom stereocenters. The Morgan fingerprint density at radius 1 is 1.00 bits per heavy atom. The second-order valence-electron chi connectivity index (χ2n) is 4.63. The van der Waals surface area contributed by atoms with E-state index < -0.39 is 0 Å². The first-order chi connectivity index (χ1) is 9.61. The minimum atomic E-state index is -0.259. The van der Waals surface area contributed by atoms with Crippen LogP contribution in [0.5, 0.6) is 0 Å². The Labute approximate surface area is 124 Å². The molecule has 3 rings (SSSR count). The zero-order chi connectivity index (χ0) is 14.1. The van der Waals surface area contributed by atoms with E-state index in [1.807, 2.05) is 12.1 Å². The molecule has 0 aliphatic rings. The number of thiophene rings is 1. The van der Waals surface area contributed by atoms with Crippen molar-refractivity contribution < 1.29 is 8.78 Å². The molecule has 3 aromatic rings. The highest BCUT2D eigenvalue weighted by Gasteiger charge is 2.13. The number of fused-ring (bicyclic) bond motifs is 1. The van der Waals surface area contributed by atoms with Crippen LogP contribution < -0.4 is 0 Å². The van der Waals surface area contributed by atoms with E-state index >= 15 is 0 Å². The van der Waals surface area contributed by atoms with Gasteiger partial charge in [-0.2, -0.15) is 0 Å². The van der Waals surface area contributed by atoms with E-state index in [9.17, 15) is 8.78 Å². The molecule has 0 saturated carbocycles. The molecule has 0 N–H and O–H groups in total. The fourth-order valence-electron chi connectivity index (χ4n) is 2.15. The summed E-state index contributed by atoms with van der Waals surface area (Å²) < 4.78 is 27.2. The summed E-state index contributed by atoms with van der Waals surface area (Å²) in [6.07, 6.45) is 0.550. The summed E-state index contributed by atoms with van der Waals surface area (Å²) in [4.78, 5) is 0.969. The Kier molecular flexibility index (Phi) is 3.72. The fraction of sp³-hybridized carbons (Fsp3) is 0.125. The second-order valence-corrected chi connectivity index (χ2v) is 6.27. The van der Waals surface area contributed by atoms with Crippen LogP contribution in [0.25, 0.3) is 10.1 Å². The number of hydrogen-bond donors (Lipinski definition) is 0. The first kappa shape index (κ1) is 13.5.